The summed E-state index contributed by atoms with van der Waals surface area (Å²) in [4.78, 5) is 0. The maximum absolute atomic E-state index is 5.67. The van der Waals surface area contributed by atoms with Gasteiger partial charge in [0.2, 0.25) is 0 Å². The molecule has 1 aliphatic rings. The van der Waals surface area contributed by atoms with E-state index in [2.05, 4.69) is 42.2 Å². The van der Waals surface area contributed by atoms with Gasteiger partial charge in [-0.05, 0) is 43.4 Å². The van der Waals surface area contributed by atoms with Crippen molar-refractivity contribution in [1.82, 2.24) is 9.88 Å². The zero-order valence-corrected chi connectivity index (χ0v) is 11.1. The van der Waals surface area contributed by atoms with Gasteiger partial charge in [0, 0.05) is 18.4 Å². The van der Waals surface area contributed by atoms with Crippen LogP contribution in [0.4, 0.5) is 0 Å². The van der Waals surface area contributed by atoms with E-state index < -0.39 is 0 Å². The molecule has 1 aromatic rings. The van der Waals surface area contributed by atoms with Gasteiger partial charge in [0.25, 0.3) is 0 Å². The Labute approximate surface area is 104 Å². The molecule has 0 aliphatic heterocycles. The first-order valence-corrected chi connectivity index (χ1v) is 6.61. The van der Waals surface area contributed by atoms with Crippen LogP contribution < -0.4 is 5.32 Å². The minimum Gasteiger partial charge on any atom is -0.361 e. The van der Waals surface area contributed by atoms with Crippen LogP contribution in [0.25, 0.3) is 0 Å². The lowest BCUT2D eigenvalue weighted by Crippen LogP contribution is -2.21. The summed E-state index contributed by atoms with van der Waals surface area (Å²) in [5, 5.41) is 3.36. The molecule has 1 aliphatic carbocycles. The van der Waals surface area contributed by atoms with Gasteiger partial charge in [0.15, 0.2) is 0 Å². The normalized spacial score (nSPS) is 17.6. The van der Waals surface area contributed by atoms with Crippen LogP contribution in [-0.4, -0.2) is 18.2 Å². The van der Waals surface area contributed by atoms with Crippen LogP contribution in [0.1, 0.15) is 38.3 Å². The van der Waals surface area contributed by atoms with E-state index in [0.29, 0.717) is 18.7 Å². The Morgan fingerprint density at radius 2 is 2.24 bits per heavy atom. The van der Waals surface area contributed by atoms with Crippen molar-refractivity contribution >= 4 is 0 Å². The number of ether oxygens (including phenoxy) is 1. The Morgan fingerprint density at radius 3 is 2.82 bits per heavy atom. The first-order chi connectivity index (χ1) is 8.20. The summed E-state index contributed by atoms with van der Waals surface area (Å²) in [7, 11) is 2.02. The number of rotatable bonds is 7. The van der Waals surface area contributed by atoms with Crippen LogP contribution in [0.5, 0.6) is 0 Å². The molecule has 1 fully saturated rings. The van der Waals surface area contributed by atoms with Gasteiger partial charge in [0.1, 0.15) is 6.73 Å². The molecule has 0 spiro atoms. The molecular formula is C14H24N2O. The lowest BCUT2D eigenvalue weighted by Gasteiger charge is -2.18. The van der Waals surface area contributed by atoms with Crippen molar-refractivity contribution < 1.29 is 4.74 Å². The van der Waals surface area contributed by atoms with E-state index in [-0.39, 0.29) is 0 Å². The molecule has 1 unspecified atom stereocenters. The van der Waals surface area contributed by atoms with Crippen LogP contribution in [0, 0.1) is 11.8 Å². The van der Waals surface area contributed by atoms with E-state index in [9.17, 15) is 0 Å². The smallest absolute Gasteiger partial charge is 0.122 e. The number of nitrogens with zero attached hydrogens (tertiary/aromatic N) is 1. The Kier molecular flexibility index (Phi) is 4.24. The second-order valence-electron chi connectivity index (χ2n) is 5.41. The number of hydrogen-bond donors (Lipinski definition) is 1. The molecule has 3 nitrogen and oxygen atoms in total. The van der Waals surface area contributed by atoms with E-state index >= 15 is 0 Å². The summed E-state index contributed by atoms with van der Waals surface area (Å²) >= 11 is 0. The molecule has 0 aromatic carbocycles. The highest BCUT2D eigenvalue weighted by Gasteiger charge is 2.21. The number of hydrogen-bond acceptors (Lipinski definition) is 2. The average molecular weight is 236 g/mol. The molecule has 1 saturated carbocycles. The molecule has 1 N–H and O–H groups in total. The molecule has 1 heterocycles. The molecule has 3 heteroatoms. The van der Waals surface area contributed by atoms with E-state index in [1.807, 2.05) is 7.05 Å². The number of nitrogens with one attached hydrogen (secondary N) is 1. The van der Waals surface area contributed by atoms with Crippen molar-refractivity contribution in [3.8, 4) is 0 Å². The van der Waals surface area contributed by atoms with Crippen molar-refractivity contribution in [3.63, 3.8) is 0 Å². The molecule has 0 radical (unpaired) electrons. The lowest BCUT2D eigenvalue weighted by molar-refractivity contribution is 0.0691. The van der Waals surface area contributed by atoms with Crippen LogP contribution >= 0.6 is 0 Å². The average Bonchev–Trinajstić information content (AvgIpc) is 2.99. The topological polar surface area (TPSA) is 26.2 Å². The van der Waals surface area contributed by atoms with E-state index in [0.717, 1.165) is 12.5 Å². The first-order valence-electron chi connectivity index (χ1n) is 6.61. The van der Waals surface area contributed by atoms with Crippen molar-refractivity contribution in [2.45, 2.75) is 39.5 Å². The first kappa shape index (κ1) is 12.7. The van der Waals surface area contributed by atoms with Gasteiger partial charge in [-0.2, -0.15) is 0 Å². The molecule has 17 heavy (non-hydrogen) atoms. The quantitative estimate of drug-likeness (QED) is 0.788. The SMILES string of the molecule is CNC(c1ccn(COCC2CC2)c1)C(C)C. The summed E-state index contributed by atoms with van der Waals surface area (Å²) in [6, 6.07) is 2.61. The van der Waals surface area contributed by atoms with E-state index in [1.54, 1.807) is 0 Å². The fourth-order valence-electron chi connectivity index (χ4n) is 2.22. The second kappa shape index (κ2) is 5.69. The van der Waals surface area contributed by atoms with Crippen molar-refractivity contribution in [1.29, 1.82) is 0 Å². The van der Waals surface area contributed by atoms with Gasteiger partial charge in [-0.25, -0.2) is 0 Å². The number of aromatic nitrogens is 1. The minimum atomic E-state index is 0.430. The molecule has 0 saturated heterocycles. The minimum absolute atomic E-state index is 0.430. The monoisotopic (exact) mass is 236 g/mol. The molecule has 2 rings (SSSR count). The highest BCUT2D eigenvalue weighted by atomic mass is 16.5. The lowest BCUT2D eigenvalue weighted by atomic mass is 9.99. The Bertz CT molecular complexity index is 342. The zero-order chi connectivity index (χ0) is 12.3. The fraction of sp³-hybridized carbons (Fsp3) is 0.714. The summed E-state index contributed by atoms with van der Waals surface area (Å²) in [6.45, 7) is 6.09. The van der Waals surface area contributed by atoms with Gasteiger partial charge in [-0.15, -0.1) is 0 Å². The van der Waals surface area contributed by atoms with Crippen LogP contribution in [0.2, 0.25) is 0 Å². The highest BCUT2D eigenvalue weighted by Crippen LogP contribution is 2.29. The highest BCUT2D eigenvalue weighted by molar-refractivity contribution is 5.15. The molecule has 1 aromatic heterocycles. The summed E-state index contributed by atoms with van der Waals surface area (Å²) in [5.41, 5.74) is 1.34. The molecule has 96 valence electrons. The fourth-order valence-corrected chi connectivity index (χ4v) is 2.22. The summed E-state index contributed by atoms with van der Waals surface area (Å²) < 4.78 is 7.80. The van der Waals surface area contributed by atoms with Gasteiger partial charge >= 0.3 is 0 Å². The standard InChI is InChI=1S/C14H24N2O/c1-11(2)14(15-3)13-6-7-16(8-13)10-17-9-12-4-5-12/h6-8,11-12,14-15H,4-5,9-10H2,1-3H3. The third-order valence-electron chi connectivity index (χ3n) is 3.40. The molecule has 0 bridgehead atoms. The maximum atomic E-state index is 5.67. The van der Waals surface area contributed by atoms with Crippen LogP contribution in [-0.2, 0) is 11.5 Å². The van der Waals surface area contributed by atoms with Crippen molar-refractivity contribution in [3.05, 3.63) is 24.0 Å². The van der Waals surface area contributed by atoms with Crippen LogP contribution in [0.3, 0.4) is 0 Å². The molecule has 0 amide bonds. The third kappa shape index (κ3) is 3.58. The van der Waals surface area contributed by atoms with Crippen LogP contribution in [0.15, 0.2) is 18.5 Å². The summed E-state index contributed by atoms with van der Waals surface area (Å²) in [6.07, 6.45) is 7.00. The molecule has 1 atom stereocenters. The Morgan fingerprint density at radius 1 is 1.47 bits per heavy atom. The zero-order valence-electron chi connectivity index (χ0n) is 11.1. The largest absolute Gasteiger partial charge is 0.361 e. The Balaban J connectivity index is 1.85. The second-order valence-corrected chi connectivity index (χ2v) is 5.41. The predicted octanol–water partition coefficient (Wildman–Crippen LogP) is 2.79. The van der Waals surface area contributed by atoms with Gasteiger partial charge in [-0.1, -0.05) is 13.8 Å². The molecular weight excluding hydrogens is 212 g/mol. The van der Waals surface area contributed by atoms with Crippen molar-refractivity contribution in [2.24, 2.45) is 11.8 Å². The van der Waals surface area contributed by atoms with Gasteiger partial charge < -0.3 is 14.6 Å². The Hall–Kier alpha value is -0.800. The van der Waals surface area contributed by atoms with Gasteiger partial charge in [0.05, 0.1) is 6.61 Å². The van der Waals surface area contributed by atoms with E-state index in [1.165, 1.54) is 18.4 Å². The van der Waals surface area contributed by atoms with E-state index in [4.69, 9.17) is 4.74 Å². The van der Waals surface area contributed by atoms with Crippen molar-refractivity contribution in [2.75, 3.05) is 13.7 Å². The third-order valence-corrected chi connectivity index (χ3v) is 3.40. The van der Waals surface area contributed by atoms with Gasteiger partial charge in [-0.3, -0.25) is 0 Å². The predicted molar refractivity (Wildman–Crippen MR) is 69.7 cm³/mol. The summed E-state index contributed by atoms with van der Waals surface area (Å²) in [5.74, 6) is 1.44. The maximum Gasteiger partial charge on any atom is 0.122 e.